The van der Waals surface area contributed by atoms with E-state index in [1.54, 1.807) is 6.07 Å². The van der Waals surface area contributed by atoms with E-state index in [1.807, 2.05) is 54.6 Å². The van der Waals surface area contributed by atoms with E-state index in [-0.39, 0.29) is 5.56 Å². The fourth-order valence-corrected chi connectivity index (χ4v) is 3.96. The third-order valence-corrected chi connectivity index (χ3v) is 5.51. The molecule has 0 spiro atoms. The van der Waals surface area contributed by atoms with Crippen molar-refractivity contribution < 1.29 is 13.6 Å². The largest absolute Gasteiger partial charge is 0.268 e. The predicted molar refractivity (Wildman–Crippen MR) is 116 cm³/mol. The standard InChI is InChI=1S/C24H13BrF2N2O/c25-16-9-11-21-22(13-16)29(24(30)15-8-10-19(26)20(27)12-15)23(28-21)18-7-3-5-14-4-1-2-6-17(14)18/h1-13H. The first-order valence-corrected chi connectivity index (χ1v) is 9.98. The second kappa shape index (κ2) is 7.15. The van der Waals surface area contributed by atoms with Crippen molar-refractivity contribution in [3.05, 3.63) is 101 Å². The Balaban J connectivity index is 1.83. The van der Waals surface area contributed by atoms with Crippen LogP contribution in [-0.2, 0) is 0 Å². The van der Waals surface area contributed by atoms with Gasteiger partial charge in [-0.3, -0.25) is 9.36 Å². The minimum absolute atomic E-state index is 0.0367. The van der Waals surface area contributed by atoms with Crippen LogP contribution in [0.15, 0.2) is 83.3 Å². The van der Waals surface area contributed by atoms with Crippen molar-refractivity contribution >= 4 is 43.6 Å². The van der Waals surface area contributed by atoms with E-state index < -0.39 is 17.5 Å². The fraction of sp³-hybridized carbons (Fsp3) is 0. The number of benzene rings is 4. The zero-order valence-electron chi connectivity index (χ0n) is 15.4. The Morgan fingerprint density at radius 1 is 0.867 bits per heavy atom. The molecule has 1 aromatic heterocycles. The SMILES string of the molecule is O=C(c1ccc(F)c(F)c1)n1c(-c2cccc3ccccc23)nc2ccc(Br)cc21. The number of hydrogen-bond donors (Lipinski definition) is 0. The van der Waals surface area contributed by atoms with E-state index in [0.29, 0.717) is 16.9 Å². The lowest BCUT2D eigenvalue weighted by atomic mass is 10.0. The van der Waals surface area contributed by atoms with Gasteiger partial charge in [-0.2, -0.15) is 0 Å². The van der Waals surface area contributed by atoms with Crippen LogP contribution in [0.3, 0.4) is 0 Å². The highest BCUT2D eigenvalue weighted by atomic mass is 79.9. The highest BCUT2D eigenvalue weighted by molar-refractivity contribution is 9.10. The number of hydrogen-bond acceptors (Lipinski definition) is 2. The molecule has 5 aromatic rings. The molecule has 0 bridgehead atoms. The molecule has 0 aliphatic rings. The Kier molecular flexibility index (Phi) is 4.44. The minimum atomic E-state index is -1.07. The van der Waals surface area contributed by atoms with Gasteiger partial charge in [-0.25, -0.2) is 13.8 Å². The zero-order chi connectivity index (χ0) is 20.8. The van der Waals surface area contributed by atoms with Gasteiger partial charge in [-0.15, -0.1) is 0 Å². The molecule has 6 heteroatoms. The van der Waals surface area contributed by atoms with Gasteiger partial charge in [0.25, 0.3) is 5.91 Å². The van der Waals surface area contributed by atoms with Crippen LogP contribution in [0.4, 0.5) is 8.78 Å². The molecular weight excluding hydrogens is 450 g/mol. The maximum Gasteiger partial charge on any atom is 0.264 e. The van der Waals surface area contributed by atoms with E-state index in [1.165, 1.54) is 10.6 Å². The Morgan fingerprint density at radius 3 is 2.50 bits per heavy atom. The lowest BCUT2D eigenvalue weighted by Crippen LogP contribution is -2.14. The van der Waals surface area contributed by atoms with Crippen molar-refractivity contribution in [3.8, 4) is 11.4 Å². The third kappa shape index (κ3) is 3.00. The molecule has 0 aliphatic heterocycles. The topological polar surface area (TPSA) is 34.9 Å². The maximum absolute atomic E-state index is 13.8. The molecule has 146 valence electrons. The summed E-state index contributed by atoms with van der Waals surface area (Å²) < 4.78 is 29.5. The summed E-state index contributed by atoms with van der Waals surface area (Å²) in [5, 5.41) is 1.95. The lowest BCUT2D eigenvalue weighted by Gasteiger charge is -2.11. The third-order valence-electron chi connectivity index (χ3n) is 5.02. The zero-order valence-corrected chi connectivity index (χ0v) is 17.0. The van der Waals surface area contributed by atoms with Crippen molar-refractivity contribution in [2.75, 3.05) is 0 Å². The number of nitrogens with zero attached hydrogens (tertiary/aromatic N) is 2. The van der Waals surface area contributed by atoms with E-state index in [4.69, 9.17) is 4.98 Å². The van der Waals surface area contributed by atoms with Gasteiger partial charge in [0.1, 0.15) is 5.82 Å². The van der Waals surface area contributed by atoms with Crippen molar-refractivity contribution in [1.29, 1.82) is 0 Å². The second-order valence-electron chi connectivity index (χ2n) is 6.86. The van der Waals surface area contributed by atoms with Gasteiger partial charge in [0.2, 0.25) is 0 Å². The molecule has 30 heavy (non-hydrogen) atoms. The van der Waals surface area contributed by atoms with E-state index >= 15 is 0 Å². The van der Waals surface area contributed by atoms with Crippen LogP contribution < -0.4 is 0 Å². The van der Waals surface area contributed by atoms with Gasteiger partial charge in [0, 0.05) is 15.6 Å². The van der Waals surface area contributed by atoms with Gasteiger partial charge < -0.3 is 0 Å². The molecule has 0 N–H and O–H groups in total. The number of carbonyl (C=O) groups excluding carboxylic acids is 1. The fourth-order valence-electron chi connectivity index (χ4n) is 3.61. The number of imidazole rings is 1. The number of fused-ring (bicyclic) bond motifs is 2. The molecule has 0 aliphatic carbocycles. The summed E-state index contributed by atoms with van der Waals surface area (Å²) in [6.07, 6.45) is 0. The molecule has 5 rings (SSSR count). The second-order valence-corrected chi connectivity index (χ2v) is 7.78. The summed E-state index contributed by atoms with van der Waals surface area (Å²) in [5.41, 5.74) is 2.00. The van der Waals surface area contributed by atoms with Gasteiger partial charge in [-0.05, 0) is 47.2 Å². The minimum Gasteiger partial charge on any atom is -0.268 e. The summed E-state index contributed by atoms with van der Waals surface area (Å²) in [5.74, 6) is -2.12. The van der Waals surface area contributed by atoms with Gasteiger partial charge >= 0.3 is 0 Å². The van der Waals surface area contributed by atoms with Crippen LogP contribution in [0.5, 0.6) is 0 Å². The summed E-state index contributed by atoms with van der Waals surface area (Å²) in [6.45, 7) is 0. The molecule has 0 saturated carbocycles. The predicted octanol–water partition coefficient (Wildman–Crippen LogP) is 6.59. The molecule has 0 unspecified atom stereocenters. The number of aromatic nitrogens is 2. The average molecular weight is 463 g/mol. The van der Waals surface area contributed by atoms with Gasteiger partial charge in [-0.1, -0.05) is 58.4 Å². The van der Waals surface area contributed by atoms with Crippen molar-refractivity contribution in [3.63, 3.8) is 0 Å². The number of carbonyl (C=O) groups is 1. The molecule has 0 fully saturated rings. The molecule has 3 nitrogen and oxygen atoms in total. The first kappa shape index (κ1) is 18.6. The quantitative estimate of drug-likeness (QED) is 0.296. The van der Waals surface area contributed by atoms with Crippen LogP contribution in [0.2, 0.25) is 0 Å². The molecule has 0 saturated heterocycles. The number of halogens is 3. The number of rotatable bonds is 2. The Labute approximate surface area is 178 Å². The van der Waals surface area contributed by atoms with Gasteiger partial charge in [0.15, 0.2) is 11.6 Å². The monoisotopic (exact) mass is 462 g/mol. The molecule has 0 amide bonds. The normalized spacial score (nSPS) is 11.3. The summed E-state index contributed by atoms with van der Waals surface area (Å²) in [4.78, 5) is 18.2. The Morgan fingerprint density at radius 2 is 1.67 bits per heavy atom. The maximum atomic E-state index is 13.8. The Hall–Kier alpha value is -3.38. The molecule has 4 aromatic carbocycles. The summed E-state index contributed by atoms with van der Waals surface area (Å²) in [7, 11) is 0. The van der Waals surface area contributed by atoms with Crippen LogP contribution >= 0.6 is 15.9 Å². The first-order chi connectivity index (χ1) is 14.5. The Bertz CT molecular complexity index is 1450. The highest BCUT2D eigenvalue weighted by Crippen LogP contribution is 2.32. The van der Waals surface area contributed by atoms with Crippen LogP contribution in [0.1, 0.15) is 10.4 Å². The molecule has 0 radical (unpaired) electrons. The van der Waals surface area contributed by atoms with E-state index in [9.17, 15) is 13.6 Å². The van der Waals surface area contributed by atoms with E-state index in [0.717, 1.165) is 32.9 Å². The van der Waals surface area contributed by atoms with Crippen molar-refractivity contribution in [2.24, 2.45) is 0 Å². The molecule has 0 atom stereocenters. The van der Waals surface area contributed by atoms with Crippen molar-refractivity contribution in [2.45, 2.75) is 0 Å². The van der Waals surface area contributed by atoms with E-state index in [2.05, 4.69) is 15.9 Å². The first-order valence-electron chi connectivity index (χ1n) is 9.19. The highest BCUT2D eigenvalue weighted by Gasteiger charge is 2.22. The van der Waals surface area contributed by atoms with Crippen LogP contribution in [0.25, 0.3) is 33.2 Å². The van der Waals surface area contributed by atoms with Crippen LogP contribution in [-0.4, -0.2) is 15.5 Å². The molecular formula is C24H13BrF2N2O. The summed E-state index contributed by atoms with van der Waals surface area (Å²) >= 11 is 3.44. The molecule has 1 heterocycles. The average Bonchev–Trinajstić information content (AvgIpc) is 3.13. The van der Waals surface area contributed by atoms with Gasteiger partial charge in [0.05, 0.1) is 11.0 Å². The lowest BCUT2D eigenvalue weighted by molar-refractivity contribution is 0.0965. The van der Waals surface area contributed by atoms with Crippen LogP contribution in [0, 0.1) is 11.6 Å². The smallest absolute Gasteiger partial charge is 0.264 e. The van der Waals surface area contributed by atoms with Crippen molar-refractivity contribution in [1.82, 2.24) is 9.55 Å². The summed E-state index contributed by atoms with van der Waals surface area (Å²) in [6, 6.07) is 22.2.